The third-order valence-corrected chi connectivity index (χ3v) is 15.1. The Bertz CT molecular complexity index is 2010. The lowest BCUT2D eigenvalue weighted by atomic mass is 9.61. The number of aliphatic hydroxyl groups excluding tert-OH is 1. The Morgan fingerprint density at radius 1 is 1.27 bits per heavy atom. The third-order valence-electron chi connectivity index (χ3n) is 12.2. The Balaban J connectivity index is 1.28. The van der Waals surface area contributed by atoms with Crippen LogP contribution in [0.2, 0.25) is 0 Å². The van der Waals surface area contributed by atoms with Gasteiger partial charge >= 0.3 is 11.6 Å². The molecule has 13 heteroatoms. The van der Waals surface area contributed by atoms with Gasteiger partial charge in [0.25, 0.3) is 0 Å². The van der Waals surface area contributed by atoms with Crippen LogP contribution in [0.5, 0.6) is 5.75 Å². The molecule has 8 rings (SSSR count). The molecule has 0 radical (unpaired) electrons. The molecular weight excluding hydrogens is 701 g/mol. The Morgan fingerprint density at radius 2 is 2.12 bits per heavy atom. The largest absolute Gasteiger partial charge is 0.481 e. The van der Waals surface area contributed by atoms with E-state index in [1.807, 2.05) is 47.7 Å². The van der Waals surface area contributed by atoms with Crippen LogP contribution in [0.4, 0.5) is 0 Å². The summed E-state index contributed by atoms with van der Waals surface area (Å²) in [6.07, 6.45) is 9.12. The number of ether oxygens (including phenoxy) is 2. The lowest BCUT2D eigenvalue weighted by molar-refractivity contribution is -0.186. The summed E-state index contributed by atoms with van der Waals surface area (Å²) in [5.41, 5.74) is 8.40. The number of benzene rings is 1. The normalized spacial score (nSPS) is 32.8. The topological polar surface area (TPSA) is 156 Å². The molecule has 6 aliphatic rings. The van der Waals surface area contributed by atoms with Crippen LogP contribution < -0.4 is 26.7 Å². The number of nitrogens with two attached hydrogens (primary N) is 1. The highest BCUT2D eigenvalue weighted by molar-refractivity contribution is 8.77. The van der Waals surface area contributed by atoms with E-state index in [-0.39, 0.29) is 31.4 Å². The molecule has 7 atom stereocenters. The number of allylic oxidation sites excluding steroid dienone is 2. The molecule has 1 saturated heterocycles. The Hall–Kier alpha value is -3.65. The average Bonchev–Trinajstić information content (AvgIpc) is 3.47. The summed E-state index contributed by atoms with van der Waals surface area (Å²) < 4.78 is 19.4. The fraction of sp³-hybridized carbons (Fsp3) is 0.513. The van der Waals surface area contributed by atoms with Crippen molar-refractivity contribution in [2.45, 2.75) is 80.9 Å². The summed E-state index contributed by atoms with van der Waals surface area (Å²) >= 11 is 0. The van der Waals surface area contributed by atoms with Crippen molar-refractivity contribution in [2.24, 2.45) is 17.6 Å². The van der Waals surface area contributed by atoms with Crippen molar-refractivity contribution < 1.29 is 28.6 Å². The van der Waals surface area contributed by atoms with Gasteiger partial charge in [0.15, 0.2) is 11.2 Å². The number of esters is 1. The van der Waals surface area contributed by atoms with Crippen molar-refractivity contribution in [3.8, 4) is 5.75 Å². The van der Waals surface area contributed by atoms with Crippen molar-refractivity contribution in [3.05, 3.63) is 86.6 Å². The second-order valence-electron chi connectivity index (χ2n) is 15.0. The fourth-order valence-electron chi connectivity index (χ4n) is 9.45. The number of dihydropyridines is 1. The van der Waals surface area contributed by atoms with Gasteiger partial charge in [-0.1, -0.05) is 39.3 Å². The molecule has 1 aromatic heterocycles. The molecule has 11 nitrogen and oxygen atoms in total. The van der Waals surface area contributed by atoms with Crippen molar-refractivity contribution in [1.29, 1.82) is 0 Å². The van der Waals surface area contributed by atoms with Gasteiger partial charge in [-0.2, -0.15) is 0 Å². The van der Waals surface area contributed by atoms with E-state index in [2.05, 4.69) is 21.6 Å². The summed E-state index contributed by atoms with van der Waals surface area (Å²) in [6, 6.07) is 7.51. The number of rotatable bonds is 5. The molecule has 2 aromatic rings. The van der Waals surface area contributed by atoms with Gasteiger partial charge < -0.3 is 40.3 Å². The number of amides is 1. The number of nitrogens with zero attached hydrogens (tertiary/aromatic N) is 1. The molecule has 1 amide bonds. The van der Waals surface area contributed by atoms with E-state index in [9.17, 15) is 19.5 Å². The molecule has 1 spiro atoms. The van der Waals surface area contributed by atoms with Gasteiger partial charge in [0, 0.05) is 85.0 Å². The van der Waals surface area contributed by atoms with Crippen LogP contribution in [-0.2, 0) is 20.7 Å². The molecule has 2 fully saturated rings. The monoisotopic (exact) mass is 746 g/mol. The molecular formula is C39H46N4O7S2. The van der Waals surface area contributed by atoms with Crippen molar-refractivity contribution in [3.63, 3.8) is 0 Å². The van der Waals surface area contributed by atoms with Gasteiger partial charge in [0.1, 0.15) is 11.3 Å². The van der Waals surface area contributed by atoms with E-state index in [4.69, 9.17) is 19.6 Å². The predicted molar refractivity (Wildman–Crippen MR) is 203 cm³/mol. The highest BCUT2D eigenvalue weighted by Gasteiger charge is 2.64. The Labute approximate surface area is 310 Å². The number of nitrogens with one attached hydrogen (secondary N) is 2. The first-order valence-corrected chi connectivity index (χ1v) is 20.6. The predicted octanol–water partition coefficient (Wildman–Crippen LogP) is 4.11. The number of carbonyl (C=O) groups is 2. The quantitative estimate of drug-likeness (QED) is 0.114. The molecule has 1 aromatic carbocycles. The highest BCUT2D eigenvalue weighted by atomic mass is 33.1. The van der Waals surface area contributed by atoms with E-state index in [1.54, 1.807) is 25.1 Å². The van der Waals surface area contributed by atoms with Gasteiger partial charge in [-0.15, -0.1) is 0 Å². The summed E-state index contributed by atoms with van der Waals surface area (Å²) in [4.78, 5) is 42.5. The number of hydrogen-bond donors (Lipinski definition) is 4. The van der Waals surface area contributed by atoms with Crippen molar-refractivity contribution >= 4 is 44.4 Å². The molecule has 2 aliphatic carbocycles. The number of fused-ring (bicyclic) bond motifs is 5. The van der Waals surface area contributed by atoms with Gasteiger partial charge in [-0.25, -0.2) is 9.59 Å². The third kappa shape index (κ3) is 5.79. The SMILES string of the molecule is C/C=C(\CCO)C(=O)O[C@]1(C)CC=C2CSS[C@H]3CC[C@@H](NC)[C@H]4CN(C(=O)CC5=C(C=C(N)NC5)[C@@H]2[C@]12Cc1cc5ccc(=O)oc5cc1O2)[C@H]43. The molecule has 0 unspecified atom stereocenters. The minimum Gasteiger partial charge on any atom is -0.481 e. The molecule has 276 valence electrons. The summed E-state index contributed by atoms with van der Waals surface area (Å²) in [6.45, 7) is 4.67. The maximum absolute atomic E-state index is 14.3. The number of carbonyl (C=O) groups excluding carboxylic acids is 2. The first-order chi connectivity index (χ1) is 25.1. The molecule has 0 bridgehead atoms. The van der Waals surface area contributed by atoms with Gasteiger partial charge in [-0.3, -0.25) is 4.79 Å². The van der Waals surface area contributed by atoms with Crippen molar-refractivity contribution in [1.82, 2.24) is 15.5 Å². The van der Waals surface area contributed by atoms with Crippen LogP contribution in [0.15, 0.2) is 79.8 Å². The smallest absolute Gasteiger partial charge is 0.336 e. The van der Waals surface area contributed by atoms with Crippen LogP contribution in [0, 0.1) is 11.8 Å². The second-order valence-corrected chi connectivity index (χ2v) is 17.6. The second kappa shape index (κ2) is 13.6. The van der Waals surface area contributed by atoms with Gasteiger partial charge in [-0.05, 0) is 68.7 Å². The number of aliphatic hydroxyl groups is 1. The lowest BCUT2D eigenvalue weighted by Gasteiger charge is -2.57. The first kappa shape index (κ1) is 35.4. The zero-order chi connectivity index (χ0) is 36.4. The maximum atomic E-state index is 14.3. The molecule has 52 heavy (non-hydrogen) atoms. The Kier molecular flexibility index (Phi) is 9.28. The minimum atomic E-state index is -1.19. The van der Waals surface area contributed by atoms with Crippen molar-refractivity contribution in [2.75, 3.05) is 32.5 Å². The van der Waals surface area contributed by atoms with E-state index >= 15 is 0 Å². The number of hydrogen-bond acceptors (Lipinski definition) is 12. The van der Waals surface area contributed by atoms with E-state index < -0.39 is 28.7 Å². The van der Waals surface area contributed by atoms with Gasteiger partial charge in [0.05, 0.1) is 24.2 Å². The van der Waals surface area contributed by atoms with Crippen LogP contribution in [-0.4, -0.2) is 82.9 Å². The zero-order valence-corrected chi connectivity index (χ0v) is 31.4. The molecule has 4 aliphatic heterocycles. The van der Waals surface area contributed by atoms with E-state index in [0.29, 0.717) is 65.1 Å². The highest BCUT2D eigenvalue weighted by Crippen LogP contribution is 2.58. The standard InChI is InChI=1S/C39H46N4O7S2/c1-4-21(10-12-44)37(47)50-38(2)11-9-23-20-51-52-31-7-6-28(41-3)27-19-43(36(27)31)33(45)14-25-18-42-32(40)15-26(25)35(23)39(38)17-24-13-22-5-8-34(46)48-29(22)16-30(24)49-39/h4-5,8-9,13,15-16,27-28,31,35-36,41-42,44H,6-7,10-12,14,17-20,40H2,1-3H3/b21-4+/t27-,28-,31+,35-,36-,38-,39-/m1/s1. The summed E-state index contributed by atoms with van der Waals surface area (Å²) in [7, 11) is 5.73. The molecule has 1 saturated carbocycles. The molecule has 5 heterocycles. The van der Waals surface area contributed by atoms with Crippen LogP contribution in [0.3, 0.4) is 0 Å². The molecule has 5 N–H and O–H groups in total. The fourth-order valence-corrected chi connectivity index (χ4v) is 12.6. The van der Waals surface area contributed by atoms with Crippen LogP contribution >= 0.6 is 21.6 Å². The van der Waals surface area contributed by atoms with E-state index in [1.165, 1.54) is 6.07 Å². The minimum absolute atomic E-state index is 0.112. The van der Waals surface area contributed by atoms with Crippen LogP contribution in [0.25, 0.3) is 11.0 Å². The van der Waals surface area contributed by atoms with Gasteiger partial charge in [0.2, 0.25) is 5.91 Å². The summed E-state index contributed by atoms with van der Waals surface area (Å²) in [5.74, 6) is 1.36. The van der Waals surface area contributed by atoms with Crippen LogP contribution in [0.1, 0.15) is 51.5 Å². The maximum Gasteiger partial charge on any atom is 0.336 e. The Morgan fingerprint density at radius 3 is 2.90 bits per heavy atom. The average molecular weight is 747 g/mol. The zero-order valence-electron chi connectivity index (χ0n) is 29.7. The first-order valence-electron chi connectivity index (χ1n) is 18.2. The van der Waals surface area contributed by atoms with E-state index in [0.717, 1.165) is 47.1 Å². The summed E-state index contributed by atoms with van der Waals surface area (Å²) in [5, 5.41) is 17.6. The lowest BCUT2D eigenvalue weighted by Crippen LogP contribution is -2.69.